The third kappa shape index (κ3) is 4.41. The number of nitrogens with zero attached hydrogens (tertiary/aromatic N) is 1. The Kier molecular flexibility index (Phi) is 5.12. The molecule has 0 aliphatic carbocycles. The third-order valence-corrected chi connectivity index (χ3v) is 3.06. The van der Waals surface area contributed by atoms with Gasteiger partial charge in [0.15, 0.2) is 6.10 Å². The number of hydrogen-bond donors (Lipinski definition) is 2. The summed E-state index contributed by atoms with van der Waals surface area (Å²) in [6, 6.07) is 7.85. The molecule has 0 radical (unpaired) electrons. The Hall–Kier alpha value is -3.69. The predicted octanol–water partition coefficient (Wildman–Crippen LogP) is 1.47. The van der Waals surface area contributed by atoms with E-state index >= 15 is 0 Å². The van der Waals surface area contributed by atoms with Crippen LogP contribution in [0.25, 0.3) is 0 Å². The number of hydrogen-bond acceptors (Lipinski definition) is 7. The first-order chi connectivity index (χ1) is 11.8. The van der Waals surface area contributed by atoms with Crippen LogP contribution >= 0.6 is 0 Å². The van der Waals surface area contributed by atoms with Gasteiger partial charge in [-0.2, -0.15) is 0 Å². The van der Waals surface area contributed by atoms with Crippen LogP contribution in [0.15, 0.2) is 40.8 Å². The number of nitrogens with one attached hydrogen (secondary N) is 1. The van der Waals surface area contributed by atoms with Crippen molar-refractivity contribution in [1.29, 1.82) is 0 Å². The zero-order valence-corrected chi connectivity index (χ0v) is 12.9. The lowest BCUT2D eigenvalue weighted by Crippen LogP contribution is -2.29. The molecule has 1 unspecified atom stereocenters. The van der Waals surface area contributed by atoms with Crippen LogP contribution in [0, 0.1) is 10.1 Å². The summed E-state index contributed by atoms with van der Waals surface area (Å²) in [6.07, 6.45) is -1.19. The van der Waals surface area contributed by atoms with Crippen molar-refractivity contribution in [3.8, 4) is 0 Å². The van der Waals surface area contributed by atoms with Crippen LogP contribution in [0.5, 0.6) is 0 Å². The van der Waals surface area contributed by atoms with Crippen molar-refractivity contribution < 1.29 is 28.5 Å². The highest BCUT2D eigenvalue weighted by Crippen LogP contribution is 2.17. The molecule has 25 heavy (non-hydrogen) atoms. The molecule has 10 nitrogen and oxygen atoms in total. The van der Waals surface area contributed by atoms with Gasteiger partial charge in [0.25, 0.3) is 5.91 Å². The zero-order valence-electron chi connectivity index (χ0n) is 12.9. The topological polar surface area (TPSA) is 155 Å². The molecule has 0 aliphatic rings. The van der Waals surface area contributed by atoms with Crippen molar-refractivity contribution in [1.82, 2.24) is 0 Å². The first-order valence-electron chi connectivity index (χ1n) is 6.94. The summed E-state index contributed by atoms with van der Waals surface area (Å²) in [5, 5.41) is 13.0. The minimum Gasteiger partial charge on any atom is -0.447 e. The molecule has 2 aromatic rings. The van der Waals surface area contributed by atoms with E-state index in [0.717, 1.165) is 12.1 Å². The first-order valence-corrected chi connectivity index (χ1v) is 6.94. The third-order valence-electron chi connectivity index (χ3n) is 3.06. The van der Waals surface area contributed by atoms with Crippen molar-refractivity contribution in [2.45, 2.75) is 13.0 Å². The van der Waals surface area contributed by atoms with Crippen LogP contribution in [-0.2, 0) is 9.53 Å². The van der Waals surface area contributed by atoms with E-state index in [0.29, 0.717) is 5.69 Å². The molecule has 10 heteroatoms. The second-order valence-electron chi connectivity index (χ2n) is 4.87. The maximum absolute atomic E-state index is 12.0. The zero-order chi connectivity index (χ0) is 18.6. The van der Waals surface area contributed by atoms with Gasteiger partial charge in [0.05, 0.1) is 6.07 Å². The number of benzene rings is 1. The lowest BCUT2D eigenvalue weighted by molar-refractivity contribution is -0.402. The Morgan fingerprint density at radius 3 is 2.36 bits per heavy atom. The monoisotopic (exact) mass is 347 g/mol. The highest BCUT2D eigenvalue weighted by molar-refractivity contribution is 5.97. The summed E-state index contributed by atoms with van der Waals surface area (Å²) in [4.78, 5) is 44.5. The smallest absolute Gasteiger partial charge is 0.433 e. The number of nitrogens with two attached hydrogens (primary N) is 1. The average Bonchev–Trinajstić information content (AvgIpc) is 3.05. The molecule has 0 bridgehead atoms. The molecule has 0 saturated carbocycles. The Labute approximate surface area is 140 Å². The largest absolute Gasteiger partial charge is 0.447 e. The van der Waals surface area contributed by atoms with E-state index in [9.17, 15) is 24.5 Å². The van der Waals surface area contributed by atoms with Crippen LogP contribution in [0.2, 0.25) is 0 Å². The fourth-order valence-electron chi connectivity index (χ4n) is 1.77. The molecule has 2 rings (SSSR count). The molecule has 1 aromatic heterocycles. The molecule has 0 spiro atoms. The summed E-state index contributed by atoms with van der Waals surface area (Å²) in [5.41, 5.74) is 5.75. The van der Waals surface area contributed by atoms with Crippen molar-refractivity contribution in [2.75, 3.05) is 5.32 Å². The molecule has 0 saturated heterocycles. The number of carbonyl (C=O) groups is 3. The SMILES string of the molecule is CC(OC(=O)c1ccc([N+](=O)[O-])o1)C(=O)Nc1ccc(C(N)=O)cc1. The minimum absolute atomic E-state index is 0.275. The van der Waals surface area contributed by atoms with Gasteiger partial charge >= 0.3 is 11.9 Å². The predicted molar refractivity (Wildman–Crippen MR) is 83.8 cm³/mol. The number of rotatable bonds is 6. The number of primary amides is 1. The van der Waals surface area contributed by atoms with Crippen molar-refractivity contribution >= 4 is 29.4 Å². The molecule has 130 valence electrons. The van der Waals surface area contributed by atoms with Crippen molar-refractivity contribution in [3.63, 3.8) is 0 Å². The van der Waals surface area contributed by atoms with Gasteiger partial charge in [-0.25, -0.2) is 4.79 Å². The highest BCUT2D eigenvalue weighted by Gasteiger charge is 2.23. The standard InChI is InChI=1S/C15H13N3O7/c1-8(24-15(21)11-6-7-12(25-11)18(22)23)14(20)17-10-4-2-9(3-5-10)13(16)19/h2-8H,1H3,(H2,16,19)(H,17,20). The Morgan fingerprint density at radius 1 is 1.20 bits per heavy atom. The molecule has 1 atom stereocenters. The molecule has 1 aromatic carbocycles. The van der Waals surface area contributed by atoms with Gasteiger partial charge in [0.1, 0.15) is 4.92 Å². The van der Waals surface area contributed by atoms with E-state index in [1.807, 2.05) is 0 Å². The van der Waals surface area contributed by atoms with Crippen LogP contribution in [0.3, 0.4) is 0 Å². The number of amides is 2. The van der Waals surface area contributed by atoms with E-state index in [2.05, 4.69) is 5.32 Å². The Balaban J connectivity index is 1.95. The molecule has 3 N–H and O–H groups in total. The van der Waals surface area contributed by atoms with Gasteiger partial charge in [-0.1, -0.05) is 0 Å². The Bertz CT molecular complexity index is 826. The maximum atomic E-state index is 12.0. The summed E-state index contributed by atoms with van der Waals surface area (Å²) < 4.78 is 9.58. The van der Waals surface area contributed by atoms with E-state index < -0.39 is 40.5 Å². The summed E-state index contributed by atoms with van der Waals surface area (Å²) >= 11 is 0. The van der Waals surface area contributed by atoms with Crippen LogP contribution in [-0.4, -0.2) is 28.8 Å². The molecular formula is C15H13N3O7. The first kappa shape index (κ1) is 17.7. The van der Waals surface area contributed by atoms with E-state index in [4.69, 9.17) is 14.9 Å². The fourth-order valence-corrected chi connectivity index (χ4v) is 1.77. The molecular weight excluding hydrogens is 334 g/mol. The van der Waals surface area contributed by atoms with Gasteiger partial charge in [-0.05, 0) is 37.3 Å². The average molecular weight is 347 g/mol. The van der Waals surface area contributed by atoms with Gasteiger partial charge in [-0.15, -0.1) is 0 Å². The number of furan rings is 1. The summed E-state index contributed by atoms with van der Waals surface area (Å²) in [6.45, 7) is 1.32. The molecule has 0 aliphatic heterocycles. The minimum atomic E-state index is -1.19. The second kappa shape index (κ2) is 7.25. The number of nitro groups is 1. The van der Waals surface area contributed by atoms with Crippen molar-refractivity contribution in [2.24, 2.45) is 5.73 Å². The van der Waals surface area contributed by atoms with Gasteiger partial charge < -0.3 is 20.2 Å². The number of ether oxygens (including phenoxy) is 1. The molecule has 1 heterocycles. The van der Waals surface area contributed by atoms with E-state index in [1.165, 1.54) is 31.2 Å². The van der Waals surface area contributed by atoms with Crippen LogP contribution in [0.1, 0.15) is 27.8 Å². The summed E-state index contributed by atoms with van der Waals surface area (Å²) in [5.74, 6) is -3.26. The quantitative estimate of drug-likeness (QED) is 0.455. The lowest BCUT2D eigenvalue weighted by atomic mass is 10.2. The van der Waals surface area contributed by atoms with E-state index in [-0.39, 0.29) is 5.56 Å². The lowest BCUT2D eigenvalue weighted by Gasteiger charge is -2.12. The maximum Gasteiger partial charge on any atom is 0.433 e. The van der Waals surface area contributed by atoms with Crippen molar-refractivity contribution in [3.05, 3.63) is 57.8 Å². The van der Waals surface area contributed by atoms with Gasteiger partial charge in [0.2, 0.25) is 11.7 Å². The normalized spacial score (nSPS) is 11.4. The van der Waals surface area contributed by atoms with Crippen LogP contribution in [0.4, 0.5) is 11.6 Å². The Morgan fingerprint density at radius 2 is 1.84 bits per heavy atom. The second-order valence-corrected chi connectivity index (χ2v) is 4.87. The fraction of sp³-hybridized carbons (Fsp3) is 0.133. The number of carbonyl (C=O) groups excluding carboxylic acids is 3. The molecule has 0 fully saturated rings. The van der Waals surface area contributed by atoms with Crippen LogP contribution < -0.4 is 11.1 Å². The highest BCUT2D eigenvalue weighted by atomic mass is 16.7. The number of anilines is 1. The van der Waals surface area contributed by atoms with Gasteiger partial charge in [-0.3, -0.25) is 19.7 Å². The number of esters is 1. The van der Waals surface area contributed by atoms with Gasteiger partial charge in [0, 0.05) is 11.3 Å². The summed E-state index contributed by atoms with van der Waals surface area (Å²) in [7, 11) is 0. The molecule has 2 amide bonds. The van der Waals surface area contributed by atoms with E-state index in [1.54, 1.807) is 0 Å².